The highest BCUT2D eigenvalue weighted by Gasteiger charge is 2.17. The summed E-state index contributed by atoms with van der Waals surface area (Å²) in [5.41, 5.74) is 2.68. The Balaban J connectivity index is 2.04. The summed E-state index contributed by atoms with van der Waals surface area (Å²) in [7, 11) is 0. The summed E-state index contributed by atoms with van der Waals surface area (Å²) >= 11 is 7.15. The Morgan fingerprint density at radius 3 is 1.56 bits per heavy atom. The average molecular weight is 468 g/mol. The molecule has 1 nitrogen and oxygen atoms in total. The lowest BCUT2D eigenvalue weighted by molar-refractivity contribution is -0.0200. The first-order valence-corrected chi connectivity index (χ1v) is 10.8. The molecule has 0 aliphatic carbocycles. The Bertz CT molecular complexity index is 586. The van der Waals surface area contributed by atoms with Crippen LogP contribution in [-0.2, 0) is 17.6 Å². The van der Waals surface area contributed by atoms with Gasteiger partial charge in [0, 0.05) is 8.95 Å². The lowest BCUT2D eigenvalue weighted by Crippen LogP contribution is -2.26. The molecular formula is C22H28Br2O. The van der Waals surface area contributed by atoms with Gasteiger partial charge in [0.2, 0.25) is 0 Å². The average Bonchev–Trinajstić information content (AvgIpc) is 2.55. The first-order chi connectivity index (χ1) is 12.1. The van der Waals surface area contributed by atoms with Gasteiger partial charge in [0.15, 0.2) is 0 Å². The van der Waals surface area contributed by atoms with Crippen molar-refractivity contribution in [1.29, 1.82) is 0 Å². The van der Waals surface area contributed by atoms with Crippen LogP contribution in [-0.4, -0.2) is 12.2 Å². The van der Waals surface area contributed by atoms with Gasteiger partial charge >= 0.3 is 0 Å². The van der Waals surface area contributed by atoms with Gasteiger partial charge in [0.25, 0.3) is 0 Å². The number of benzene rings is 2. The van der Waals surface area contributed by atoms with Crippen molar-refractivity contribution in [1.82, 2.24) is 0 Å². The van der Waals surface area contributed by atoms with Gasteiger partial charge in [0.05, 0.1) is 12.2 Å². The van der Waals surface area contributed by atoms with Crippen LogP contribution in [0.25, 0.3) is 0 Å². The SMILES string of the molecule is CCCC(Cc1cccc(Br)c1)OC(CCC)Cc1cccc(Br)c1. The van der Waals surface area contributed by atoms with Crippen molar-refractivity contribution in [3.05, 3.63) is 68.6 Å². The fraction of sp³-hybridized carbons (Fsp3) is 0.455. The molecule has 0 saturated carbocycles. The van der Waals surface area contributed by atoms with Crippen molar-refractivity contribution < 1.29 is 4.74 Å². The molecular weight excluding hydrogens is 440 g/mol. The molecule has 136 valence electrons. The molecule has 2 unspecified atom stereocenters. The number of hydrogen-bond donors (Lipinski definition) is 0. The lowest BCUT2D eigenvalue weighted by atomic mass is 10.0. The van der Waals surface area contributed by atoms with Crippen molar-refractivity contribution in [2.45, 2.75) is 64.6 Å². The second-order valence-corrected chi connectivity index (χ2v) is 8.46. The number of rotatable bonds is 10. The smallest absolute Gasteiger partial charge is 0.0619 e. The van der Waals surface area contributed by atoms with Crippen LogP contribution in [0.1, 0.15) is 50.7 Å². The molecule has 25 heavy (non-hydrogen) atoms. The predicted octanol–water partition coefficient (Wildman–Crippen LogP) is 7.35. The van der Waals surface area contributed by atoms with Crippen molar-refractivity contribution in [2.24, 2.45) is 0 Å². The predicted molar refractivity (Wildman–Crippen MR) is 114 cm³/mol. The van der Waals surface area contributed by atoms with E-state index in [0.717, 1.165) is 47.5 Å². The maximum atomic E-state index is 6.59. The van der Waals surface area contributed by atoms with E-state index >= 15 is 0 Å². The monoisotopic (exact) mass is 466 g/mol. The standard InChI is InChI=1S/C22H28Br2O/c1-3-7-21(15-17-9-5-11-19(23)13-17)25-22(8-4-2)16-18-10-6-12-20(24)14-18/h5-6,9-14,21-22H,3-4,7-8,15-16H2,1-2H3. The summed E-state index contributed by atoms with van der Waals surface area (Å²) in [4.78, 5) is 0. The van der Waals surface area contributed by atoms with Gasteiger partial charge in [-0.3, -0.25) is 0 Å². The minimum Gasteiger partial charge on any atom is -0.374 e. The third-order valence-corrected chi connectivity index (χ3v) is 5.30. The number of ether oxygens (including phenoxy) is 1. The van der Waals surface area contributed by atoms with Gasteiger partial charge in [-0.2, -0.15) is 0 Å². The normalized spacial score (nSPS) is 13.6. The van der Waals surface area contributed by atoms with Crippen molar-refractivity contribution in [2.75, 3.05) is 0 Å². The van der Waals surface area contributed by atoms with Gasteiger partial charge < -0.3 is 4.74 Å². The van der Waals surface area contributed by atoms with Crippen molar-refractivity contribution in [3.63, 3.8) is 0 Å². The van der Waals surface area contributed by atoms with Gasteiger partial charge in [-0.05, 0) is 61.1 Å². The molecule has 2 aromatic carbocycles. The number of hydrogen-bond acceptors (Lipinski definition) is 1. The topological polar surface area (TPSA) is 9.23 Å². The molecule has 0 aromatic heterocycles. The molecule has 0 aliphatic rings. The fourth-order valence-corrected chi connectivity index (χ4v) is 4.10. The van der Waals surface area contributed by atoms with E-state index in [4.69, 9.17) is 4.74 Å². The van der Waals surface area contributed by atoms with E-state index in [0.29, 0.717) is 0 Å². The molecule has 2 atom stereocenters. The van der Waals surface area contributed by atoms with E-state index in [1.807, 2.05) is 0 Å². The zero-order chi connectivity index (χ0) is 18.1. The summed E-state index contributed by atoms with van der Waals surface area (Å²) in [5.74, 6) is 0. The molecule has 0 bridgehead atoms. The van der Waals surface area contributed by atoms with Gasteiger partial charge in [-0.15, -0.1) is 0 Å². The second kappa shape index (κ2) is 11.2. The molecule has 0 radical (unpaired) electrons. The van der Waals surface area contributed by atoms with E-state index in [-0.39, 0.29) is 12.2 Å². The van der Waals surface area contributed by atoms with E-state index in [1.54, 1.807) is 0 Å². The van der Waals surface area contributed by atoms with Crippen molar-refractivity contribution >= 4 is 31.9 Å². The van der Waals surface area contributed by atoms with Gasteiger partial charge in [-0.1, -0.05) is 82.8 Å². The van der Waals surface area contributed by atoms with Crippen LogP contribution in [0, 0.1) is 0 Å². The first-order valence-electron chi connectivity index (χ1n) is 9.25. The zero-order valence-electron chi connectivity index (χ0n) is 15.2. The summed E-state index contributed by atoms with van der Waals surface area (Å²) in [5, 5.41) is 0. The highest BCUT2D eigenvalue weighted by molar-refractivity contribution is 9.10. The summed E-state index contributed by atoms with van der Waals surface area (Å²) in [6.07, 6.45) is 7.02. The molecule has 0 heterocycles. The third kappa shape index (κ3) is 7.64. The molecule has 0 spiro atoms. The van der Waals surface area contributed by atoms with Crippen LogP contribution >= 0.6 is 31.9 Å². The summed E-state index contributed by atoms with van der Waals surface area (Å²) in [6, 6.07) is 17.2. The Morgan fingerprint density at radius 1 is 0.760 bits per heavy atom. The number of halogens is 2. The quantitative estimate of drug-likeness (QED) is 0.354. The van der Waals surface area contributed by atoms with E-state index in [9.17, 15) is 0 Å². The van der Waals surface area contributed by atoms with E-state index in [1.165, 1.54) is 11.1 Å². The van der Waals surface area contributed by atoms with Crippen LogP contribution in [0.3, 0.4) is 0 Å². The highest BCUT2D eigenvalue weighted by atomic mass is 79.9. The summed E-state index contributed by atoms with van der Waals surface area (Å²) < 4.78 is 8.87. The van der Waals surface area contributed by atoms with E-state index < -0.39 is 0 Å². The first kappa shape index (κ1) is 20.7. The fourth-order valence-electron chi connectivity index (χ4n) is 3.21. The maximum absolute atomic E-state index is 6.59. The Labute approximate surface area is 169 Å². The zero-order valence-corrected chi connectivity index (χ0v) is 18.4. The Morgan fingerprint density at radius 2 is 1.20 bits per heavy atom. The Kier molecular flexibility index (Phi) is 9.22. The minimum atomic E-state index is 0.281. The molecule has 0 N–H and O–H groups in total. The third-order valence-electron chi connectivity index (χ3n) is 4.31. The minimum absolute atomic E-state index is 0.281. The van der Waals surface area contributed by atoms with Crippen LogP contribution in [0.15, 0.2) is 57.5 Å². The largest absolute Gasteiger partial charge is 0.374 e. The molecule has 0 aliphatic heterocycles. The van der Waals surface area contributed by atoms with Gasteiger partial charge in [0.1, 0.15) is 0 Å². The second-order valence-electron chi connectivity index (χ2n) is 6.63. The van der Waals surface area contributed by atoms with Crippen LogP contribution in [0.5, 0.6) is 0 Å². The van der Waals surface area contributed by atoms with Crippen molar-refractivity contribution in [3.8, 4) is 0 Å². The molecule has 0 fully saturated rings. The molecule has 0 amide bonds. The summed E-state index contributed by atoms with van der Waals surface area (Å²) in [6.45, 7) is 4.47. The van der Waals surface area contributed by atoms with Crippen LogP contribution in [0.2, 0.25) is 0 Å². The molecule has 2 rings (SSSR count). The molecule has 0 saturated heterocycles. The van der Waals surface area contributed by atoms with Crippen LogP contribution in [0.4, 0.5) is 0 Å². The molecule has 3 heteroatoms. The lowest BCUT2D eigenvalue weighted by Gasteiger charge is -2.25. The maximum Gasteiger partial charge on any atom is 0.0619 e. The molecule has 2 aromatic rings. The van der Waals surface area contributed by atoms with Gasteiger partial charge in [-0.25, -0.2) is 0 Å². The highest BCUT2D eigenvalue weighted by Crippen LogP contribution is 2.21. The van der Waals surface area contributed by atoms with E-state index in [2.05, 4.69) is 94.2 Å². The van der Waals surface area contributed by atoms with Crippen LogP contribution < -0.4 is 0 Å². The Hall–Kier alpha value is -0.640.